The third kappa shape index (κ3) is 4.47. The van der Waals surface area contributed by atoms with Gasteiger partial charge in [-0.2, -0.15) is 0 Å². The first kappa shape index (κ1) is 21.1. The zero-order valence-corrected chi connectivity index (χ0v) is 17.9. The van der Waals surface area contributed by atoms with Crippen molar-refractivity contribution in [1.29, 1.82) is 0 Å². The van der Waals surface area contributed by atoms with Gasteiger partial charge in [0.1, 0.15) is 5.75 Å². The lowest BCUT2D eigenvalue weighted by Crippen LogP contribution is -2.03. The fourth-order valence-corrected chi connectivity index (χ4v) is 3.67. The fraction of sp³-hybridized carbons (Fsp3) is 0.111. The van der Waals surface area contributed by atoms with Gasteiger partial charge in [0, 0.05) is 35.3 Å². The normalized spacial score (nSPS) is 11.1. The standard InChI is InChI=1S/C27H23NO4/c1-31-22-10-6-7-20(15-22)17-26(29)24-18-28(21-8-4-3-5-9-21)25-13-11-19(16-23(24)25)12-14-27(30)32-2/h3-16,18H,17H2,1-2H3/b14-12+. The molecule has 0 amide bonds. The molecule has 1 heterocycles. The molecule has 0 unspecified atom stereocenters. The largest absolute Gasteiger partial charge is 0.497 e. The number of fused-ring (bicyclic) bond motifs is 1. The van der Waals surface area contributed by atoms with E-state index in [4.69, 9.17) is 4.74 Å². The minimum absolute atomic E-state index is 0.00651. The molecule has 0 spiro atoms. The van der Waals surface area contributed by atoms with Gasteiger partial charge in [-0.15, -0.1) is 0 Å². The Morgan fingerprint density at radius 1 is 0.938 bits per heavy atom. The molecule has 0 saturated heterocycles. The zero-order chi connectivity index (χ0) is 22.5. The average Bonchev–Trinajstić information content (AvgIpc) is 3.22. The molecule has 0 radical (unpaired) electrons. The minimum Gasteiger partial charge on any atom is -0.497 e. The summed E-state index contributed by atoms with van der Waals surface area (Å²) in [6.45, 7) is 0. The number of ether oxygens (including phenoxy) is 2. The first-order valence-electron chi connectivity index (χ1n) is 10.2. The summed E-state index contributed by atoms with van der Waals surface area (Å²) < 4.78 is 12.0. The number of para-hydroxylation sites is 1. The first-order chi connectivity index (χ1) is 15.6. The van der Waals surface area contributed by atoms with Crippen LogP contribution >= 0.6 is 0 Å². The van der Waals surface area contributed by atoms with E-state index in [0.29, 0.717) is 5.56 Å². The molecule has 0 atom stereocenters. The van der Waals surface area contributed by atoms with Crippen molar-refractivity contribution in [2.45, 2.75) is 6.42 Å². The number of aromatic nitrogens is 1. The van der Waals surface area contributed by atoms with Crippen molar-refractivity contribution in [2.75, 3.05) is 14.2 Å². The Kier molecular flexibility index (Phi) is 6.17. The van der Waals surface area contributed by atoms with Crippen LogP contribution in [0.25, 0.3) is 22.7 Å². The second-order valence-electron chi connectivity index (χ2n) is 7.33. The maximum atomic E-state index is 13.3. The summed E-state index contributed by atoms with van der Waals surface area (Å²) in [7, 11) is 2.95. The number of hydrogen-bond acceptors (Lipinski definition) is 4. The molecule has 0 N–H and O–H groups in total. The molecular weight excluding hydrogens is 402 g/mol. The van der Waals surface area contributed by atoms with Gasteiger partial charge in [0.15, 0.2) is 5.78 Å². The van der Waals surface area contributed by atoms with Crippen molar-refractivity contribution < 1.29 is 19.1 Å². The van der Waals surface area contributed by atoms with E-state index in [0.717, 1.165) is 33.5 Å². The summed E-state index contributed by atoms with van der Waals surface area (Å²) >= 11 is 0. The van der Waals surface area contributed by atoms with E-state index in [2.05, 4.69) is 4.74 Å². The number of Topliss-reactive ketones (excluding diaryl/α,β-unsaturated/α-hetero) is 1. The van der Waals surface area contributed by atoms with Crippen molar-refractivity contribution in [3.63, 3.8) is 0 Å². The third-order valence-electron chi connectivity index (χ3n) is 5.28. The van der Waals surface area contributed by atoms with Crippen LogP contribution in [0.5, 0.6) is 5.75 Å². The number of esters is 1. The van der Waals surface area contributed by atoms with Gasteiger partial charge in [0.25, 0.3) is 0 Å². The van der Waals surface area contributed by atoms with Gasteiger partial charge < -0.3 is 14.0 Å². The summed E-state index contributed by atoms with van der Waals surface area (Å²) in [4.78, 5) is 24.8. The highest BCUT2D eigenvalue weighted by atomic mass is 16.5. The van der Waals surface area contributed by atoms with Crippen LogP contribution in [0.4, 0.5) is 0 Å². The van der Waals surface area contributed by atoms with E-state index in [1.54, 1.807) is 13.2 Å². The molecule has 5 heteroatoms. The van der Waals surface area contributed by atoms with Crippen LogP contribution in [0, 0.1) is 0 Å². The summed E-state index contributed by atoms with van der Waals surface area (Å²) in [6, 6.07) is 23.2. The number of ketones is 1. The fourth-order valence-electron chi connectivity index (χ4n) is 3.67. The molecule has 0 aliphatic rings. The van der Waals surface area contributed by atoms with E-state index in [1.807, 2.05) is 83.6 Å². The second kappa shape index (κ2) is 9.35. The molecule has 0 aliphatic heterocycles. The summed E-state index contributed by atoms with van der Waals surface area (Å²) in [5.41, 5.74) is 4.21. The Morgan fingerprint density at radius 3 is 2.50 bits per heavy atom. The molecule has 0 bridgehead atoms. The van der Waals surface area contributed by atoms with E-state index in [-0.39, 0.29) is 12.2 Å². The van der Waals surface area contributed by atoms with Crippen molar-refractivity contribution in [3.05, 3.63) is 102 Å². The van der Waals surface area contributed by atoms with E-state index < -0.39 is 5.97 Å². The van der Waals surface area contributed by atoms with Crippen molar-refractivity contribution in [2.24, 2.45) is 0 Å². The molecule has 1 aromatic heterocycles. The Balaban J connectivity index is 1.79. The highest BCUT2D eigenvalue weighted by molar-refractivity contribution is 6.09. The van der Waals surface area contributed by atoms with E-state index in [9.17, 15) is 9.59 Å². The Hall–Kier alpha value is -4.12. The zero-order valence-electron chi connectivity index (χ0n) is 17.9. The second-order valence-corrected chi connectivity index (χ2v) is 7.33. The molecule has 160 valence electrons. The van der Waals surface area contributed by atoms with Crippen LogP contribution in [0.3, 0.4) is 0 Å². The Labute approximate surface area is 186 Å². The van der Waals surface area contributed by atoms with Gasteiger partial charge in [-0.05, 0) is 53.6 Å². The summed E-state index contributed by atoms with van der Waals surface area (Å²) in [5.74, 6) is 0.297. The predicted octanol–water partition coefficient (Wildman–Crippen LogP) is 5.25. The van der Waals surface area contributed by atoms with Crippen LogP contribution in [-0.4, -0.2) is 30.5 Å². The molecule has 3 aromatic carbocycles. The monoisotopic (exact) mass is 425 g/mol. The molecular formula is C27H23NO4. The topological polar surface area (TPSA) is 57.5 Å². The molecule has 32 heavy (non-hydrogen) atoms. The highest BCUT2D eigenvalue weighted by Crippen LogP contribution is 2.28. The number of rotatable bonds is 7. The number of carbonyl (C=O) groups excluding carboxylic acids is 2. The average molecular weight is 425 g/mol. The van der Waals surface area contributed by atoms with Crippen LogP contribution in [0.2, 0.25) is 0 Å². The quantitative estimate of drug-likeness (QED) is 0.231. The van der Waals surface area contributed by atoms with Crippen LogP contribution in [0.1, 0.15) is 21.5 Å². The number of methoxy groups -OCH3 is 2. The first-order valence-corrected chi connectivity index (χ1v) is 10.2. The van der Waals surface area contributed by atoms with Crippen LogP contribution in [0.15, 0.2) is 85.1 Å². The van der Waals surface area contributed by atoms with Crippen LogP contribution in [-0.2, 0) is 16.0 Å². The van der Waals surface area contributed by atoms with Gasteiger partial charge in [-0.25, -0.2) is 4.79 Å². The van der Waals surface area contributed by atoms with E-state index >= 15 is 0 Å². The molecule has 5 nitrogen and oxygen atoms in total. The number of nitrogens with zero attached hydrogens (tertiary/aromatic N) is 1. The maximum absolute atomic E-state index is 13.3. The highest BCUT2D eigenvalue weighted by Gasteiger charge is 2.17. The minimum atomic E-state index is -0.429. The SMILES string of the molecule is COC(=O)/C=C/c1ccc2c(c1)c(C(=O)Cc1cccc(OC)c1)cn2-c1ccccc1. The van der Waals surface area contributed by atoms with Gasteiger partial charge >= 0.3 is 5.97 Å². The van der Waals surface area contributed by atoms with Crippen molar-refractivity contribution in [1.82, 2.24) is 4.57 Å². The lowest BCUT2D eigenvalue weighted by atomic mass is 10.0. The smallest absolute Gasteiger partial charge is 0.330 e. The number of hydrogen-bond donors (Lipinski definition) is 0. The number of benzene rings is 3. The van der Waals surface area contributed by atoms with Gasteiger partial charge in [0.05, 0.1) is 19.7 Å². The summed E-state index contributed by atoms with van der Waals surface area (Å²) in [6.07, 6.45) is 5.19. The molecule has 0 aliphatic carbocycles. The predicted molar refractivity (Wildman–Crippen MR) is 125 cm³/mol. The number of carbonyl (C=O) groups is 2. The Bertz CT molecular complexity index is 1300. The van der Waals surface area contributed by atoms with Crippen molar-refractivity contribution >= 4 is 28.7 Å². The third-order valence-corrected chi connectivity index (χ3v) is 5.28. The molecule has 0 saturated carbocycles. The lowest BCUT2D eigenvalue weighted by molar-refractivity contribution is -0.134. The van der Waals surface area contributed by atoms with Gasteiger partial charge in [0.2, 0.25) is 0 Å². The molecule has 4 aromatic rings. The molecule has 4 rings (SSSR count). The lowest BCUT2D eigenvalue weighted by Gasteiger charge is -2.05. The molecule has 0 fully saturated rings. The summed E-state index contributed by atoms with van der Waals surface area (Å²) in [5, 5.41) is 0.828. The Morgan fingerprint density at radius 2 is 1.75 bits per heavy atom. The maximum Gasteiger partial charge on any atom is 0.330 e. The van der Waals surface area contributed by atoms with Crippen LogP contribution < -0.4 is 4.74 Å². The van der Waals surface area contributed by atoms with E-state index in [1.165, 1.54) is 13.2 Å². The van der Waals surface area contributed by atoms with Gasteiger partial charge in [-0.3, -0.25) is 4.79 Å². The van der Waals surface area contributed by atoms with Gasteiger partial charge in [-0.1, -0.05) is 36.4 Å². The van der Waals surface area contributed by atoms with Crippen molar-refractivity contribution in [3.8, 4) is 11.4 Å².